The van der Waals surface area contributed by atoms with Crippen LogP contribution >= 0.6 is 0 Å². The highest BCUT2D eigenvalue weighted by atomic mass is 28.3. The van der Waals surface area contributed by atoms with Crippen molar-refractivity contribution in [2.45, 2.75) is 45.8 Å². The Morgan fingerprint density at radius 3 is 2.15 bits per heavy atom. The lowest BCUT2D eigenvalue weighted by Crippen LogP contribution is -2.53. The van der Waals surface area contributed by atoms with Gasteiger partial charge in [0, 0.05) is 18.9 Å². The summed E-state index contributed by atoms with van der Waals surface area (Å²) in [6.45, 7) is 10.1. The van der Waals surface area contributed by atoms with Gasteiger partial charge in [-0.3, -0.25) is 0 Å². The number of hydrogen-bond donors (Lipinski definition) is 0. The van der Waals surface area contributed by atoms with E-state index in [0.29, 0.717) is 5.65 Å². The molecule has 0 aliphatic rings. The largest absolute Gasteiger partial charge is 0.381 e. The van der Waals surface area contributed by atoms with Crippen molar-refractivity contribution in [3.05, 3.63) is 18.7 Å². The van der Waals surface area contributed by atoms with Gasteiger partial charge in [0.25, 0.3) is 0 Å². The summed E-state index contributed by atoms with van der Waals surface area (Å²) >= 11 is 0. The smallest absolute Gasteiger partial charge is 0.183 e. The number of nitrogens with zero attached hydrogens (tertiary/aromatic N) is 5. The number of aromatic nitrogens is 4. The quantitative estimate of drug-likeness (QED) is 0.764. The number of rotatable bonds is 6. The van der Waals surface area contributed by atoms with E-state index in [2.05, 4.69) is 52.2 Å². The molecule has 0 unspecified atom stereocenters. The second kappa shape index (κ2) is 6.26. The summed E-state index contributed by atoms with van der Waals surface area (Å²) in [4.78, 5) is 17.5. The third kappa shape index (κ3) is 2.40. The summed E-state index contributed by atoms with van der Waals surface area (Å²) in [5, 5.41) is 0. The van der Waals surface area contributed by atoms with E-state index in [9.17, 15) is 0 Å². The molecule has 2 rings (SSSR count). The Hall–Kier alpha value is -1.56. The van der Waals surface area contributed by atoms with Crippen LogP contribution in [0.1, 0.15) is 27.7 Å². The Balaban J connectivity index is 2.60. The molecule has 6 heteroatoms. The number of fused-ring (bicyclic) bond motifs is 1. The van der Waals surface area contributed by atoms with Crippen molar-refractivity contribution in [2.75, 3.05) is 11.1 Å². The molecule has 0 aliphatic heterocycles. The molecule has 0 amide bonds. The van der Waals surface area contributed by atoms with E-state index in [1.165, 1.54) is 18.1 Å². The zero-order valence-electron chi connectivity index (χ0n) is 12.8. The van der Waals surface area contributed by atoms with Crippen molar-refractivity contribution in [1.29, 1.82) is 0 Å². The minimum Gasteiger partial charge on any atom is -0.381 e. The van der Waals surface area contributed by atoms with Gasteiger partial charge < -0.3 is 4.57 Å². The summed E-state index contributed by atoms with van der Waals surface area (Å²) in [7, 11) is -1.53. The summed E-state index contributed by atoms with van der Waals surface area (Å²) in [6, 6.07) is 3.67. The SMILES string of the molecule is CCN(c1ncnc2nccnc12)[Si](CC)(CC)CC. The lowest BCUT2D eigenvalue weighted by Gasteiger charge is -2.41. The zero-order chi connectivity index (χ0) is 14.6. The molecule has 0 saturated heterocycles. The van der Waals surface area contributed by atoms with Gasteiger partial charge in [-0.1, -0.05) is 20.8 Å². The summed E-state index contributed by atoms with van der Waals surface area (Å²) in [6.07, 6.45) is 5.00. The van der Waals surface area contributed by atoms with Crippen LogP contribution in [0.5, 0.6) is 0 Å². The van der Waals surface area contributed by atoms with Crippen LogP contribution in [-0.2, 0) is 0 Å². The van der Waals surface area contributed by atoms with E-state index in [-0.39, 0.29) is 0 Å². The average molecular weight is 289 g/mol. The van der Waals surface area contributed by atoms with Crippen LogP contribution in [0, 0.1) is 0 Å². The third-order valence-electron chi connectivity index (χ3n) is 4.37. The Morgan fingerprint density at radius 2 is 1.55 bits per heavy atom. The second-order valence-corrected chi connectivity index (χ2v) is 10.1. The Kier molecular flexibility index (Phi) is 4.64. The lowest BCUT2D eigenvalue weighted by molar-refractivity contribution is 0.956. The third-order valence-corrected chi connectivity index (χ3v) is 9.99. The van der Waals surface area contributed by atoms with Crippen molar-refractivity contribution in [1.82, 2.24) is 19.9 Å². The maximum Gasteiger partial charge on any atom is 0.183 e. The van der Waals surface area contributed by atoms with Crippen LogP contribution in [0.25, 0.3) is 11.2 Å². The van der Waals surface area contributed by atoms with Crippen LogP contribution in [0.15, 0.2) is 18.7 Å². The Morgan fingerprint density at radius 1 is 0.900 bits per heavy atom. The molecule has 0 aliphatic carbocycles. The molecule has 2 heterocycles. The van der Waals surface area contributed by atoms with Gasteiger partial charge in [-0.2, -0.15) is 0 Å². The predicted molar refractivity (Wildman–Crippen MR) is 85.3 cm³/mol. The maximum absolute atomic E-state index is 4.53. The van der Waals surface area contributed by atoms with E-state index in [0.717, 1.165) is 17.9 Å². The maximum atomic E-state index is 4.53. The Labute approximate surface area is 121 Å². The molecule has 20 heavy (non-hydrogen) atoms. The fraction of sp³-hybridized carbons (Fsp3) is 0.571. The van der Waals surface area contributed by atoms with Crippen molar-refractivity contribution >= 4 is 25.2 Å². The average Bonchev–Trinajstić information content (AvgIpc) is 2.52. The molecule has 0 saturated carbocycles. The molecular formula is C14H23N5Si. The highest BCUT2D eigenvalue weighted by Crippen LogP contribution is 2.31. The monoisotopic (exact) mass is 289 g/mol. The van der Waals surface area contributed by atoms with Gasteiger partial charge in [0.15, 0.2) is 19.7 Å². The summed E-state index contributed by atoms with van der Waals surface area (Å²) in [5.41, 5.74) is 1.51. The van der Waals surface area contributed by atoms with E-state index in [1.54, 1.807) is 18.7 Å². The molecule has 2 aromatic rings. The second-order valence-electron chi connectivity index (χ2n) is 4.96. The minimum atomic E-state index is -1.53. The predicted octanol–water partition coefficient (Wildman–Crippen LogP) is 3.25. The van der Waals surface area contributed by atoms with Crippen LogP contribution in [0.3, 0.4) is 0 Å². The van der Waals surface area contributed by atoms with Gasteiger partial charge in [-0.25, -0.2) is 19.9 Å². The summed E-state index contributed by atoms with van der Waals surface area (Å²) in [5.74, 6) is 0.961. The molecule has 0 fully saturated rings. The minimum absolute atomic E-state index is 0.683. The normalized spacial score (nSPS) is 11.8. The van der Waals surface area contributed by atoms with Crippen LogP contribution < -0.4 is 4.57 Å². The first-order valence-electron chi connectivity index (χ1n) is 7.41. The number of hydrogen-bond acceptors (Lipinski definition) is 5. The van der Waals surface area contributed by atoms with E-state index < -0.39 is 8.24 Å². The zero-order valence-corrected chi connectivity index (χ0v) is 13.8. The first-order valence-corrected chi connectivity index (χ1v) is 9.98. The molecule has 0 aromatic carbocycles. The lowest BCUT2D eigenvalue weighted by atomic mass is 10.4. The standard InChI is InChI=1S/C14H23N5Si/c1-5-19(20(6-2,7-3)8-4)14-12-13(17-11-18-14)16-10-9-15-12/h9-11H,5-8H2,1-4H3. The fourth-order valence-corrected chi connectivity index (χ4v) is 6.94. The van der Waals surface area contributed by atoms with Gasteiger partial charge in [0.05, 0.1) is 0 Å². The topological polar surface area (TPSA) is 54.8 Å². The van der Waals surface area contributed by atoms with Crippen LogP contribution in [0.2, 0.25) is 18.1 Å². The molecule has 5 nitrogen and oxygen atoms in total. The van der Waals surface area contributed by atoms with Gasteiger partial charge in [-0.15, -0.1) is 0 Å². The fourth-order valence-electron chi connectivity index (χ4n) is 3.01. The summed E-state index contributed by atoms with van der Waals surface area (Å²) < 4.78 is 2.51. The van der Waals surface area contributed by atoms with Gasteiger partial charge >= 0.3 is 0 Å². The van der Waals surface area contributed by atoms with Crippen molar-refractivity contribution in [3.8, 4) is 0 Å². The van der Waals surface area contributed by atoms with Crippen molar-refractivity contribution in [2.24, 2.45) is 0 Å². The molecule has 2 aromatic heterocycles. The molecule has 108 valence electrons. The van der Waals surface area contributed by atoms with Gasteiger partial charge in [0.1, 0.15) is 11.8 Å². The first kappa shape index (κ1) is 14.8. The molecule has 0 radical (unpaired) electrons. The highest BCUT2D eigenvalue weighted by Gasteiger charge is 2.35. The van der Waals surface area contributed by atoms with Crippen molar-refractivity contribution < 1.29 is 0 Å². The molecular weight excluding hydrogens is 266 g/mol. The van der Waals surface area contributed by atoms with Crippen molar-refractivity contribution in [3.63, 3.8) is 0 Å². The molecule has 0 atom stereocenters. The molecule has 0 N–H and O–H groups in total. The highest BCUT2D eigenvalue weighted by molar-refractivity contribution is 6.83. The first-order chi connectivity index (χ1) is 9.72. The van der Waals surface area contributed by atoms with Gasteiger partial charge in [0.2, 0.25) is 0 Å². The van der Waals surface area contributed by atoms with E-state index >= 15 is 0 Å². The van der Waals surface area contributed by atoms with Crippen LogP contribution in [-0.4, -0.2) is 34.7 Å². The molecule has 0 spiro atoms. The number of anilines is 1. The van der Waals surface area contributed by atoms with Crippen LogP contribution in [0.4, 0.5) is 5.82 Å². The van der Waals surface area contributed by atoms with E-state index in [1.807, 2.05) is 0 Å². The van der Waals surface area contributed by atoms with E-state index in [4.69, 9.17) is 0 Å². The molecule has 0 bridgehead atoms. The van der Waals surface area contributed by atoms with Gasteiger partial charge in [-0.05, 0) is 25.1 Å². The Bertz CT molecular complexity index is 557.